The van der Waals surface area contributed by atoms with E-state index >= 15 is 0 Å². The summed E-state index contributed by atoms with van der Waals surface area (Å²) in [5, 5.41) is 71.0. The van der Waals surface area contributed by atoms with E-state index in [0.29, 0.717) is 56.1 Å². The third kappa shape index (κ3) is 10.6. The summed E-state index contributed by atoms with van der Waals surface area (Å²) in [6.07, 6.45) is 23.9. The Labute approximate surface area is 550 Å². The van der Waals surface area contributed by atoms with Crippen LogP contribution in [-0.4, -0.2) is 99.7 Å². The summed E-state index contributed by atoms with van der Waals surface area (Å²) < 4.78 is 30.8. The van der Waals surface area contributed by atoms with Gasteiger partial charge in [-0.15, -0.1) is 0 Å². The molecule has 8 heterocycles. The number of methoxy groups -OCH3 is 1. The lowest BCUT2D eigenvalue weighted by molar-refractivity contribution is -0.193. The number of phenols is 3. The van der Waals surface area contributed by atoms with Gasteiger partial charge in [0.25, 0.3) is 0 Å². The summed E-state index contributed by atoms with van der Waals surface area (Å²) in [6.45, 7) is 0.933. The first kappa shape index (κ1) is 61.1. The predicted molar refractivity (Wildman–Crippen MR) is 364 cm³/mol. The lowest BCUT2D eigenvalue weighted by atomic mass is 9.45. The highest BCUT2D eigenvalue weighted by Crippen LogP contribution is 2.64. The van der Waals surface area contributed by atoms with Gasteiger partial charge < -0.3 is 65.4 Å². The normalized spacial score (nSPS) is 28.9. The van der Waals surface area contributed by atoms with Crippen molar-refractivity contribution in [1.82, 2.24) is 20.5 Å². The van der Waals surface area contributed by atoms with Crippen molar-refractivity contribution in [1.29, 1.82) is 0 Å². The van der Waals surface area contributed by atoms with Crippen LogP contribution in [0, 0.1) is 41.4 Å². The number of aryl methyl sites for hydroxylation is 3. The first-order valence-electron chi connectivity index (χ1n) is 34.7. The summed E-state index contributed by atoms with van der Waals surface area (Å²) in [7, 11) is 3.45. The van der Waals surface area contributed by atoms with Crippen LogP contribution in [0.4, 0.5) is 0 Å². The first-order valence-corrected chi connectivity index (χ1v) is 34.7. The number of nitrogens with two attached hydrogens (primary N) is 1. The second-order valence-corrected chi connectivity index (χ2v) is 28.6. The van der Waals surface area contributed by atoms with E-state index in [9.17, 15) is 25.5 Å². The zero-order valence-corrected chi connectivity index (χ0v) is 54.1. The topological polar surface area (TPSA) is 217 Å². The van der Waals surface area contributed by atoms with Gasteiger partial charge in [0.05, 0.1) is 31.0 Å². The number of ether oxygens (including phenoxy) is 4. The van der Waals surface area contributed by atoms with Crippen molar-refractivity contribution in [3.05, 3.63) is 187 Å². The number of piperidine rings is 1. The van der Waals surface area contributed by atoms with Gasteiger partial charge in [0.15, 0.2) is 17.5 Å². The minimum atomic E-state index is -0.851. The number of aromatic nitrogens is 1. The molecule has 5 aliphatic carbocycles. The lowest BCUT2D eigenvalue weighted by Gasteiger charge is -2.63. The SMILES string of the molecule is CN=C(N)NCC1=C[C@H]2CC[C@@H](CCc3ccc(O)c(Cc4cccc(O)c4)c3)C#CC3=C4CC[C@H](OC)NC4NC4=C3[C@@H]1O[C@@H]2C[C@H](O)[C@H]1C=Cc2c(c(CO)cc(O)c2OCc2cc([C@]35c6c7cccc6CC[C@H]3C3(CCCCC3)OC[C@H]5CC7)cc3cn4cc23)C1. The molecule has 6 aromatic rings. The van der Waals surface area contributed by atoms with E-state index in [2.05, 4.69) is 98.3 Å². The second-order valence-electron chi connectivity index (χ2n) is 28.6. The molecule has 0 radical (unpaired) electrons. The number of nitrogens with zero attached hydrogens (tertiary/aromatic N) is 2. The summed E-state index contributed by atoms with van der Waals surface area (Å²) in [5.74, 6) is 9.80. The monoisotopic (exact) mass is 1260 g/mol. The molecule has 1 unspecified atom stereocenters. The summed E-state index contributed by atoms with van der Waals surface area (Å²) in [4.78, 5) is 4.35. The molecule has 12 aliphatic rings. The Morgan fingerprint density at radius 2 is 1.73 bits per heavy atom. The fourth-order valence-corrected chi connectivity index (χ4v) is 19.0. The number of phenolic OH excluding ortho intramolecular Hbond substituents is 3. The fourth-order valence-electron chi connectivity index (χ4n) is 19.0. The molecule has 488 valence electrons. The fraction of sp³-hybridized carbons (Fsp3) is 0.456. The molecular weight excluding hydrogens is 1180 g/mol. The van der Waals surface area contributed by atoms with Gasteiger partial charge in [-0.3, -0.25) is 10.3 Å². The molecule has 11 atom stereocenters. The minimum absolute atomic E-state index is 0.0321. The molecule has 15 nitrogen and oxygen atoms in total. The van der Waals surface area contributed by atoms with E-state index in [4.69, 9.17) is 24.7 Å². The van der Waals surface area contributed by atoms with E-state index in [1.807, 2.05) is 24.3 Å². The molecule has 7 aliphatic heterocycles. The van der Waals surface area contributed by atoms with Crippen LogP contribution in [-0.2, 0) is 64.9 Å². The Hall–Kier alpha value is -7.81. The molecule has 1 aromatic heterocycles. The average molecular weight is 1270 g/mol. The molecule has 5 aromatic carbocycles. The maximum absolute atomic E-state index is 12.9. The Bertz CT molecular complexity index is 4200. The highest BCUT2D eigenvalue weighted by molar-refractivity contribution is 5.89. The third-order valence-electron chi connectivity index (χ3n) is 23.6. The van der Waals surface area contributed by atoms with E-state index < -0.39 is 18.3 Å². The van der Waals surface area contributed by atoms with E-state index in [1.165, 1.54) is 41.5 Å². The van der Waals surface area contributed by atoms with Gasteiger partial charge in [-0.2, -0.15) is 0 Å². The van der Waals surface area contributed by atoms with Crippen LogP contribution < -0.4 is 26.4 Å². The highest BCUT2D eigenvalue weighted by Gasteiger charge is 2.63. The van der Waals surface area contributed by atoms with Gasteiger partial charge in [-0.1, -0.05) is 97.9 Å². The van der Waals surface area contributed by atoms with Crippen molar-refractivity contribution in [3.63, 3.8) is 0 Å². The number of dihydropyridines is 1. The van der Waals surface area contributed by atoms with Gasteiger partial charge in [0, 0.05) is 103 Å². The van der Waals surface area contributed by atoms with Crippen LogP contribution in [0.2, 0.25) is 0 Å². The van der Waals surface area contributed by atoms with Gasteiger partial charge in [0.1, 0.15) is 42.4 Å². The van der Waals surface area contributed by atoms with Crippen molar-refractivity contribution in [2.24, 2.45) is 40.3 Å². The van der Waals surface area contributed by atoms with Crippen molar-refractivity contribution >= 4 is 28.6 Å². The molecular formula is C79H88N6O9. The van der Waals surface area contributed by atoms with Gasteiger partial charge in [-0.25, -0.2) is 0 Å². The number of rotatable bonds is 10. The predicted octanol–water partition coefficient (Wildman–Crippen LogP) is 11.2. The Kier molecular flexibility index (Phi) is 16.1. The van der Waals surface area contributed by atoms with Crippen molar-refractivity contribution in [2.45, 2.75) is 171 Å². The number of aromatic hydroxyl groups is 3. The Morgan fingerprint density at radius 3 is 2.56 bits per heavy atom. The zero-order valence-electron chi connectivity index (χ0n) is 54.1. The zero-order chi connectivity index (χ0) is 64.0. The van der Waals surface area contributed by atoms with Crippen LogP contribution >= 0.6 is 0 Å². The van der Waals surface area contributed by atoms with Gasteiger partial charge in [0.2, 0.25) is 0 Å². The first-order chi connectivity index (χ1) is 45.9. The number of benzene rings is 5. The van der Waals surface area contributed by atoms with E-state index in [0.717, 1.165) is 143 Å². The summed E-state index contributed by atoms with van der Waals surface area (Å²) in [5.41, 5.74) is 21.7. The summed E-state index contributed by atoms with van der Waals surface area (Å²) >= 11 is 0. The second kappa shape index (κ2) is 24.8. The number of hydrogen-bond donors (Lipinski definition) is 9. The number of guanidine groups is 1. The lowest BCUT2D eigenvalue weighted by Crippen LogP contribution is -2.64. The van der Waals surface area contributed by atoms with Crippen LogP contribution in [0.5, 0.6) is 23.0 Å². The van der Waals surface area contributed by atoms with Crippen molar-refractivity contribution in [2.75, 3.05) is 27.3 Å². The highest BCUT2D eigenvalue weighted by atomic mass is 16.5. The summed E-state index contributed by atoms with van der Waals surface area (Å²) in [6, 6.07) is 26.8. The van der Waals surface area contributed by atoms with Gasteiger partial charge in [-0.05, 0) is 187 Å². The standard InChI is InChI=1S/C79H88N6O9/c1-81-77(80)82-39-53-33-51-17-14-45(12-13-46-16-25-65(88)52(30-46)31-47-8-6-11-59(87)32-47)15-22-60-62-24-27-70(91-2)83-75(62)84-76-71(60)73(53)94-68(51)38-66(89)50-19-23-61-63(36-50)55(42-86)37-67(90)74(61)92-43-56-35-58(34-54-40-85(76)41-64(54)56)79-57-21-18-48-9-7-10-49(72(48)79)20-26-69(79)78(93-44-57)28-4-3-5-29-78/h6-11,16,19,23,25,30,32-35,37,40-41,45,50-51,57,66,68-70,73,75,83-84,86-90H,3-5,12-14,17-18,20-21,24,26-29,31,36,38-39,42-44H2,1-2H3,(H3,80,81,82)/t45-,50+,51-,57-,66+,68-,69+,70+,73-,75?,79+/m1/s1. The van der Waals surface area contributed by atoms with E-state index in [1.54, 1.807) is 38.4 Å². The molecule has 0 amide bonds. The van der Waals surface area contributed by atoms with Gasteiger partial charge >= 0.3 is 0 Å². The molecule has 10 N–H and O–H groups in total. The minimum Gasteiger partial charge on any atom is -0.508 e. The van der Waals surface area contributed by atoms with E-state index in [-0.39, 0.29) is 83.5 Å². The molecule has 1 spiro atoms. The quantitative estimate of drug-likeness (QED) is 0.0270. The molecule has 1 saturated carbocycles. The molecule has 2 saturated heterocycles. The maximum Gasteiger partial charge on any atom is 0.188 e. The number of hydrogen-bond acceptors (Lipinski definition) is 12. The molecule has 3 fully saturated rings. The Balaban J connectivity index is 0.914. The number of fused-ring (bicyclic) bond motifs is 7. The van der Waals surface area contributed by atoms with Crippen LogP contribution in [0.15, 0.2) is 131 Å². The van der Waals surface area contributed by atoms with Crippen molar-refractivity contribution < 1.29 is 44.5 Å². The molecule has 94 heavy (non-hydrogen) atoms. The van der Waals surface area contributed by atoms with Crippen molar-refractivity contribution in [3.8, 4) is 34.8 Å². The largest absolute Gasteiger partial charge is 0.508 e. The smallest absolute Gasteiger partial charge is 0.188 e. The van der Waals surface area contributed by atoms with Crippen LogP contribution in [0.3, 0.4) is 0 Å². The Morgan fingerprint density at radius 1 is 0.883 bits per heavy atom. The third-order valence-corrected chi connectivity index (χ3v) is 23.6. The number of aliphatic hydroxyl groups excluding tert-OH is 2. The van der Waals surface area contributed by atoms with Crippen LogP contribution in [0.1, 0.15) is 145 Å². The van der Waals surface area contributed by atoms with Crippen LogP contribution in [0.25, 0.3) is 22.7 Å². The number of aliphatic hydroxyl groups is 2. The number of nitrogens with one attached hydrogen (secondary N) is 3. The number of aliphatic imine (C=N–C) groups is 1. The molecule has 10 bridgehead atoms. The maximum atomic E-state index is 12.9. The molecule has 18 rings (SSSR count). The molecule has 15 heteroatoms. The average Bonchev–Trinajstić information content (AvgIpc) is 0.788.